The van der Waals surface area contributed by atoms with E-state index in [1.165, 1.54) is 12.1 Å². The average molecular weight is 396 g/mol. The van der Waals surface area contributed by atoms with Gasteiger partial charge in [0.05, 0.1) is 18.7 Å². The average Bonchev–Trinajstić information content (AvgIpc) is 2.58. The lowest BCUT2D eigenvalue weighted by molar-refractivity contribution is 0.0185. The molecular formula is C18H26N3O5S-. The number of carbonyl (C=O) groups excluding carboxylic acids is 2. The summed E-state index contributed by atoms with van der Waals surface area (Å²) in [5, 5.41) is 0. The van der Waals surface area contributed by atoms with Crippen molar-refractivity contribution in [1.82, 2.24) is 9.80 Å². The van der Waals surface area contributed by atoms with E-state index in [1.807, 2.05) is 27.7 Å². The molecule has 0 saturated carbocycles. The number of anilines is 1. The number of benzene rings is 1. The minimum atomic E-state index is -2.41. The summed E-state index contributed by atoms with van der Waals surface area (Å²) < 4.78 is 28.9. The zero-order chi connectivity index (χ0) is 20.1. The Morgan fingerprint density at radius 1 is 1.22 bits per heavy atom. The number of carbonyl (C=O) groups is 2. The molecule has 1 aliphatic heterocycles. The van der Waals surface area contributed by atoms with Crippen molar-refractivity contribution in [3.63, 3.8) is 0 Å². The molecule has 2 rings (SSSR count). The molecule has 150 valence electrons. The van der Waals surface area contributed by atoms with Crippen LogP contribution in [0.15, 0.2) is 24.3 Å². The third kappa shape index (κ3) is 5.67. The van der Waals surface area contributed by atoms with Gasteiger partial charge in [0.15, 0.2) is 0 Å². The second kappa shape index (κ2) is 9.18. The largest absolute Gasteiger partial charge is 0.755 e. The summed E-state index contributed by atoms with van der Waals surface area (Å²) in [5.41, 5.74) is 0.854. The Labute approximate surface area is 162 Å². The van der Waals surface area contributed by atoms with Gasteiger partial charge < -0.3 is 18.9 Å². The summed E-state index contributed by atoms with van der Waals surface area (Å²) >= 11 is -2.41. The zero-order valence-electron chi connectivity index (χ0n) is 16.0. The Bertz CT molecular complexity index is 683. The minimum Gasteiger partial charge on any atom is -0.755 e. The molecule has 3 atom stereocenters. The lowest BCUT2D eigenvalue weighted by Crippen LogP contribution is -2.60. The van der Waals surface area contributed by atoms with Crippen LogP contribution in [0.5, 0.6) is 0 Å². The van der Waals surface area contributed by atoms with Gasteiger partial charge in [0.1, 0.15) is 0 Å². The van der Waals surface area contributed by atoms with Gasteiger partial charge in [-0.1, -0.05) is 13.8 Å². The van der Waals surface area contributed by atoms with Gasteiger partial charge in [0.2, 0.25) is 0 Å². The first kappa shape index (κ1) is 21.2. The molecule has 0 aromatic heterocycles. The van der Waals surface area contributed by atoms with Crippen LogP contribution in [0.2, 0.25) is 0 Å². The fraction of sp³-hybridized carbons (Fsp3) is 0.556. The normalized spacial score (nSPS) is 21.1. The number of hydrogen-bond donors (Lipinski definition) is 1. The first-order chi connectivity index (χ1) is 12.7. The number of amides is 2. The van der Waals surface area contributed by atoms with E-state index in [1.54, 1.807) is 21.9 Å². The fourth-order valence-electron chi connectivity index (χ4n) is 3.12. The Morgan fingerprint density at radius 3 is 2.26 bits per heavy atom. The van der Waals surface area contributed by atoms with Gasteiger partial charge in [-0.15, -0.1) is 0 Å². The predicted molar refractivity (Wildman–Crippen MR) is 102 cm³/mol. The molecule has 1 saturated heterocycles. The summed E-state index contributed by atoms with van der Waals surface area (Å²) in [5.74, 6) is 0.109. The van der Waals surface area contributed by atoms with Gasteiger partial charge in [-0.2, -0.15) is 0 Å². The van der Waals surface area contributed by atoms with Crippen LogP contribution in [0.1, 0.15) is 38.1 Å². The standard InChI is InChI=1S/C18H27N3O5S/c1-12(2)11-26-18(23)21-13(3)9-20(10-14(21)4)17(22)15-5-7-16(8-6-15)19-27(24)25/h5-8,12-14,19H,9-11H2,1-4H3,(H,24,25)/p-1/t13-,14+. The van der Waals surface area contributed by atoms with Crippen molar-refractivity contribution in [2.45, 2.75) is 39.8 Å². The molecule has 2 amide bonds. The molecule has 0 aliphatic carbocycles. The van der Waals surface area contributed by atoms with Crippen molar-refractivity contribution >= 4 is 29.0 Å². The minimum absolute atomic E-state index is 0.154. The number of nitrogens with zero attached hydrogens (tertiary/aromatic N) is 2. The van der Waals surface area contributed by atoms with Crippen LogP contribution in [0.25, 0.3) is 0 Å². The Kier molecular flexibility index (Phi) is 7.20. The van der Waals surface area contributed by atoms with Crippen LogP contribution in [0, 0.1) is 5.92 Å². The van der Waals surface area contributed by atoms with Gasteiger partial charge in [-0.05, 0) is 44.0 Å². The lowest BCUT2D eigenvalue weighted by Gasteiger charge is -2.43. The van der Waals surface area contributed by atoms with Crippen LogP contribution in [-0.4, -0.2) is 62.3 Å². The van der Waals surface area contributed by atoms with Gasteiger partial charge in [-0.3, -0.25) is 13.9 Å². The van der Waals surface area contributed by atoms with E-state index in [0.29, 0.717) is 30.9 Å². The highest BCUT2D eigenvalue weighted by atomic mass is 32.2. The van der Waals surface area contributed by atoms with Crippen molar-refractivity contribution in [2.24, 2.45) is 5.92 Å². The number of piperazine rings is 1. The van der Waals surface area contributed by atoms with Crippen LogP contribution < -0.4 is 4.72 Å². The molecular weight excluding hydrogens is 370 g/mol. The number of nitrogens with one attached hydrogen (secondary N) is 1. The maximum absolute atomic E-state index is 12.8. The SMILES string of the molecule is CC(C)COC(=O)N1[C@H](C)CN(C(=O)c2ccc(NS(=O)[O-])cc2)C[C@@H]1C. The molecule has 1 fully saturated rings. The molecule has 1 aliphatic rings. The van der Waals surface area contributed by atoms with E-state index in [4.69, 9.17) is 4.74 Å². The van der Waals surface area contributed by atoms with Crippen molar-refractivity contribution < 1.29 is 23.1 Å². The summed E-state index contributed by atoms with van der Waals surface area (Å²) in [6, 6.07) is 5.90. The second-order valence-corrected chi connectivity index (χ2v) is 7.87. The number of ether oxygens (including phenoxy) is 1. The van der Waals surface area contributed by atoms with E-state index in [9.17, 15) is 18.4 Å². The first-order valence-electron chi connectivity index (χ1n) is 8.89. The fourth-order valence-corrected chi connectivity index (χ4v) is 3.45. The van der Waals surface area contributed by atoms with E-state index in [-0.39, 0.29) is 30.0 Å². The third-order valence-electron chi connectivity index (χ3n) is 4.29. The smallest absolute Gasteiger partial charge is 0.410 e. The van der Waals surface area contributed by atoms with Crippen LogP contribution in [-0.2, 0) is 16.0 Å². The molecule has 1 aromatic rings. The van der Waals surface area contributed by atoms with Gasteiger partial charge in [-0.25, -0.2) is 4.79 Å². The highest BCUT2D eigenvalue weighted by molar-refractivity contribution is 7.80. The molecule has 0 bridgehead atoms. The van der Waals surface area contributed by atoms with Crippen LogP contribution in [0.3, 0.4) is 0 Å². The van der Waals surface area contributed by atoms with E-state index < -0.39 is 11.3 Å². The van der Waals surface area contributed by atoms with Crippen molar-refractivity contribution in [1.29, 1.82) is 0 Å². The molecule has 1 N–H and O–H groups in total. The zero-order valence-corrected chi connectivity index (χ0v) is 16.8. The molecule has 8 nitrogen and oxygen atoms in total. The van der Waals surface area contributed by atoms with Crippen LogP contribution >= 0.6 is 0 Å². The maximum atomic E-state index is 12.8. The molecule has 0 spiro atoms. The van der Waals surface area contributed by atoms with Gasteiger partial charge >= 0.3 is 6.09 Å². The van der Waals surface area contributed by atoms with Crippen molar-refractivity contribution in [2.75, 3.05) is 24.4 Å². The molecule has 1 aromatic carbocycles. The van der Waals surface area contributed by atoms with Crippen molar-refractivity contribution in [3.05, 3.63) is 29.8 Å². The monoisotopic (exact) mass is 396 g/mol. The summed E-state index contributed by atoms with van der Waals surface area (Å²) in [7, 11) is 0. The third-order valence-corrected chi connectivity index (χ3v) is 4.69. The molecule has 1 unspecified atom stereocenters. The van der Waals surface area contributed by atoms with E-state index >= 15 is 0 Å². The summed E-state index contributed by atoms with van der Waals surface area (Å²) in [6.07, 6.45) is -0.350. The number of hydrogen-bond acceptors (Lipinski definition) is 5. The maximum Gasteiger partial charge on any atom is 0.410 e. The first-order valence-corrected chi connectivity index (χ1v) is 9.97. The van der Waals surface area contributed by atoms with E-state index in [0.717, 1.165) is 0 Å². The second-order valence-electron chi connectivity index (χ2n) is 7.20. The van der Waals surface area contributed by atoms with Crippen LogP contribution in [0.4, 0.5) is 10.5 Å². The van der Waals surface area contributed by atoms with Gasteiger partial charge in [0, 0.05) is 35.6 Å². The highest BCUT2D eigenvalue weighted by Gasteiger charge is 2.36. The molecule has 1 heterocycles. The van der Waals surface area contributed by atoms with Crippen molar-refractivity contribution in [3.8, 4) is 0 Å². The molecule has 9 heteroatoms. The quantitative estimate of drug-likeness (QED) is 0.769. The summed E-state index contributed by atoms with van der Waals surface area (Å²) in [4.78, 5) is 28.5. The Balaban J connectivity index is 2.01. The Hall–Kier alpha value is -2.13. The predicted octanol–water partition coefficient (Wildman–Crippen LogP) is 2.22. The molecule has 0 radical (unpaired) electrons. The molecule has 27 heavy (non-hydrogen) atoms. The lowest BCUT2D eigenvalue weighted by atomic mass is 10.1. The topological polar surface area (TPSA) is 102 Å². The van der Waals surface area contributed by atoms with E-state index in [2.05, 4.69) is 4.72 Å². The number of rotatable bonds is 5. The highest BCUT2D eigenvalue weighted by Crippen LogP contribution is 2.20. The summed E-state index contributed by atoms with van der Waals surface area (Å²) in [6.45, 7) is 8.92. The van der Waals surface area contributed by atoms with Gasteiger partial charge in [0.25, 0.3) is 5.91 Å². The Morgan fingerprint density at radius 2 is 1.78 bits per heavy atom.